The fourth-order valence-corrected chi connectivity index (χ4v) is 2.76. The molecule has 0 aliphatic heterocycles. The Kier molecular flexibility index (Phi) is 5.46. The number of rotatable bonds is 7. The van der Waals surface area contributed by atoms with Crippen molar-refractivity contribution in [3.63, 3.8) is 0 Å². The van der Waals surface area contributed by atoms with Gasteiger partial charge in [0.1, 0.15) is 5.75 Å². The fraction of sp³-hybridized carbons (Fsp3) is 0.529. The van der Waals surface area contributed by atoms with Gasteiger partial charge in [-0.25, -0.2) is 0 Å². The van der Waals surface area contributed by atoms with Crippen LogP contribution in [-0.4, -0.2) is 13.2 Å². The monoisotopic (exact) mass is 259 g/mol. The van der Waals surface area contributed by atoms with Gasteiger partial charge in [0.25, 0.3) is 0 Å². The van der Waals surface area contributed by atoms with E-state index in [0.717, 1.165) is 31.7 Å². The first kappa shape index (κ1) is 14.1. The van der Waals surface area contributed by atoms with Crippen LogP contribution in [0, 0.1) is 0 Å². The van der Waals surface area contributed by atoms with Crippen molar-refractivity contribution in [3.05, 3.63) is 42.0 Å². The van der Waals surface area contributed by atoms with E-state index in [0.29, 0.717) is 6.04 Å². The average molecular weight is 259 g/mol. The molecule has 2 rings (SSSR count). The number of benzene rings is 1. The molecule has 1 aliphatic carbocycles. The minimum Gasteiger partial charge on any atom is -0.494 e. The highest BCUT2D eigenvalue weighted by Crippen LogP contribution is 2.32. The molecule has 1 N–H and O–H groups in total. The first-order chi connectivity index (χ1) is 9.35. The molecule has 0 amide bonds. The lowest BCUT2D eigenvalue weighted by molar-refractivity contribution is 0.311. The first-order valence-corrected chi connectivity index (χ1v) is 7.45. The van der Waals surface area contributed by atoms with Gasteiger partial charge in [0, 0.05) is 6.04 Å². The molecule has 0 aromatic heterocycles. The first-order valence-electron chi connectivity index (χ1n) is 7.45. The largest absolute Gasteiger partial charge is 0.494 e. The van der Waals surface area contributed by atoms with Crippen LogP contribution in [-0.2, 0) is 6.42 Å². The molecule has 0 heterocycles. The third kappa shape index (κ3) is 3.84. The summed E-state index contributed by atoms with van der Waals surface area (Å²) in [5, 5.41) is 3.57. The van der Waals surface area contributed by atoms with E-state index in [2.05, 4.69) is 37.0 Å². The lowest BCUT2D eigenvalue weighted by Crippen LogP contribution is -2.24. The quantitative estimate of drug-likeness (QED) is 0.590. The third-order valence-corrected chi connectivity index (χ3v) is 3.70. The van der Waals surface area contributed by atoms with E-state index in [9.17, 15) is 0 Å². The molecule has 2 heteroatoms. The molecule has 0 saturated carbocycles. The van der Waals surface area contributed by atoms with E-state index in [4.69, 9.17) is 4.74 Å². The predicted octanol–water partition coefficient (Wildman–Crippen LogP) is 4.02. The molecule has 19 heavy (non-hydrogen) atoms. The molecular formula is C17H25NO. The normalized spacial score (nSPS) is 17.8. The molecule has 0 radical (unpaired) electrons. The van der Waals surface area contributed by atoms with Crippen molar-refractivity contribution in [1.82, 2.24) is 5.32 Å². The Labute approximate surface area is 116 Å². The van der Waals surface area contributed by atoms with Crippen molar-refractivity contribution in [1.29, 1.82) is 0 Å². The number of nitrogens with one attached hydrogen (secondary N) is 1. The molecule has 1 unspecified atom stereocenters. The minimum absolute atomic E-state index is 0.531. The molecular weight excluding hydrogens is 234 g/mol. The molecule has 0 fully saturated rings. The van der Waals surface area contributed by atoms with Gasteiger partial charge in [-0.15, -0.1) is 6.58 Å². The van der Waals surface area contributed by atoms with E-state index in [-0.39, 0.29) is 0 Å². The van der Waals surface area contributed by atoms with E-state index >= 15 is 0 Å². The number of ether oxygens (including phenoxy) is 1. The fourth-order valence-electron chi connectivity index (χ4n) is 2.76. The summed E-state index contributed by atoms with van der Waals surface area (Å²) in [6, 6.07) is 7.11. The SMILES string of the molecule is C=CCCCOc1ccc2c(c1)CCCC2NCC. The Morgan fingerprint density at radius 2 is 2.37 bits per heavy atom. The molecule has 1 atom stereocenters. The van der Waals surface area contributed by atoms with E-state index in [1.54, 1.807) is 0 Å². The predicted molar refractivity (Wildman–Crippen MR) is 80.7 cm³/mol. The van der Waals surface area contributed by atoms with Crippen molar-refractivity contribution in [2.24, 2.45) is 0 Å². The van der Waals surface area contributed by atoms with Crippen LogP contribution in [0.4, 0.5) is 0 Å². The van der Waals surface area contributed by atoms with Crippen LogP contribution in [0.3, 0.4) is 0 Å². The standard InChI is InChI=1S/C17H25NO/c1-3-5-6-12-19-15-10-11-16-14(13-15)8-7-9-17(16)18-4-2/h3,10-11,13,17-18H,1,4-9,12H2,2H3. The molecule has 2 nitrogen and oxygen atoms in total. The second kappa shape index (κ2) is 7.34. The zero-order valence-corrected chi connectivity index (χ0v) is 12.0. The molecule has 1 aromatic carbocycles. The Hall–Kier alpha value is -1.28. The molecule has 104 valence electrons. The summed E-state index contributed by atoms with van der Waals surface area (Å²) in [4.78, 5) is 0. The van der Waals surface area contributed by atoms with E-state index in [1.165, 1.54) is 30.4 Å². The van der Waals surface area contributed by atoms with Crippen LogP contribution in [0.1, 0.15) is 49.8 Å². The number of fused-ring (bicyclic) bond motifs is 1. The van der Waals surface area contributed by atoms with Gasteiger partial charge in [-0.1, -0.05) is 19.1 Å². The van der Waals surface area contributed by atoms with Gasteiger partial charge in [0.2, 0.25) is 0 Å². The number of allylic oxidation sites excluding steroid dienone is 1. The van der Waals surface area contributed by atoms with Crippen molar-refractivity contribution >= 4 is 0 Å². The van der Waals surface area contributed by atoms with E-state index in [1.807, 2.05) is 6.08 Å². The van der Waals surface area contributed by atoms with Gasteiger partial charge in [-0.05, 0) is 61.9 Å². The molecule has 0 spiro atoms. The number of aryl methyl sites for hydroxylation is 1. The highest BCUT2D eigenvalue weighted by Gasteiger charge is 2.19. The smallest absolute Gasteiger partial charge is 0.119 e. The molecule has 0 saturated heterocycles. The van der Waals surface area contributed by atoms with Crippen molar-refractivity contribution in [3.8, 4) is 5.75 Å². The summed E-state index contributed by atoms with van der Waals surface area (Å²) in [6.45, 7) is 7.71. The lowest BCUT2D eigenvalue weighted by Gasteiger charge is -2.26. The van der Waals surface area contributed by atoms with Crippen LogP contribution in [0.15, 0.2) is 30.9 Å². The van der Waals surface area contributed by atoms with Gasteiger partial charge in [-0.2, -0.15) is 0 Å². The van der Waals surface area contributed by atoms with Crippen molar-refractivity contribution in [2.75, 3.05) is 13.2 Å². The van der Waals surface area contributed by atoms with Crippen LogP contribution >= 0.6 is 0 Å². The number of hydrogen-bond acceptors (Lipinski definition) is 2. The maximum atomic E-state index is 5.80. The molecule has 1 aliphatic rings. The van der Waals surface area contributed by atoms with Crippen molar-refractivity contribution in [2.45, 2.75) is 45.1 Å². The maximum absolute atomic E-state index is 5.80. The summed E-state index contributed by atoms with van der Waals surface area (Å²) < 4.78 is 5.80. The van der Waals surface area contributed by atoms with Gasteiger partial charge in [0.05, 0.1) is 6.61 Å². The Morgan fingerprint density at radius 1 is 1.47 bits per heavy atom. The highest BCUT2D eigenvalue weighted by molar-refractivity contribution is 5.39. The number of hydrogen-bond donors (Lipinski definition) is 1. The van der Waals surface area contributed by atoms with Crippen LogP contribution < -0.4 is 10.1 Å². The molecule has 0 bridgehead atoms. The van der Waals surface area contributed by atoms with E-state index < -0.39 is 0 Å². The average Bonchev–Trinajstić information content (AvgIpc) is 2.44. The Bertz CT molecular complexity index is 414. The second-order valence-electron chi connectivity index (χ2n) is 5.14. The summed E-state index contributed by atoms with van der Waals surface area (Å²) in [6.07, 6.45) is 7.71. The lowest BCUT2D eigenvalue weighted by atomic mass is 9.87. The zero-order valence-electron chi connectivity index (χ0n) is 12.0. The zero-order chi connectivity index (χ0) is 13.5. The summed E-state index contributed by atoms with van der Waals surface area (Å²) in [7, 11) is 0. The Morgan fingerprint density at radius 3 is 3.16 bits per heavy atom. The Balaban J connectivity index is 2.00. The van der Waals surface area contributed by atoms with Gasteiger partial charge < -0.3 is 10.1 Å². The maximum Gasteiger partial charge on any atom is 0.119 e. The summed E-state index contributed by atoms with van der Waals surface area (Å²) in [5.74, 6) is 1.01. The van der Waals surface area contributed by atoms with Crippen LogP contribution in [0.2, 0.25) is 0 Å². The second-order valence-corrected chi connectivity index (χ2v) is 5.14. The highest BCUT2D eigenvalue weighted by atomic mass is 16.5. The summed E-state index contributed by atoms with van der Waals surface area (Å²) >= 11 is 0. The van der Waals surface area contributed by atoms with Gasteiger partial charge in [0.15, 0.2) is 0 Å². The van der Waals surface area contributed by atoms with Crippen LogP contribution in [0.5, 0.6) is 5.75 Å². The van der Waals surface area contributed by atoms with Crippen molar-refractivity contribution < 1.29 is 4.74 Å². The van der Waals surface area contributed by atoms with Gasteiger partial charge >= 0.3 is 0 Å². The summed E-state index contributed by atoms with van der Waals surface area (Å²) in [5.41, 5.74) is 2.92. The topological polar surface area (TPSA) is 21.3 Å². The number of unbranched alkanes of at least 4 members (excludes halogenated alkanes) is 1. The molecule has 1 aromatic rings. The van der Waals surface area contributed by atoms with Crippen LogP contribution in [0.25, 0.3) is 0 Å². The van der Waals surface area contributed by atoms with Gasteiger partial charge in [-0.3, -0.25) is 0 Å². The minimum atomic E-state index is 0.531. The third-order valence-electron chi connectivity index (χ3n) is 3.70.